The Morgan fingerprint density at radius 1 is 1.24 bits per heavy atom. The van der Waals surface area contributed by atoms with E-state index in [-0.39, 0.29) is 12.1 Å². The molecule has 112 valence electrons. The maximum Gasteiger partial charge on any atom is 0.317 e. The van der Waals surface area contributed by atoms with E-state index in [0.717, 1.165) is 12.0 Å². The van der Waals surface area contributed by atoms with Crippen molar-refractivity contribution in [1.82, 2.24) is 10.2 Å². The van der Waals surface area contributed by atoms with E-state index in [4.69, 9.17) is 0 Å². The third kappa shape index (κ3) is 4.33. The molecule has 0 saturated heterocycles. The van der Waals surface area contributed by atoms with Gasteiger partial charge >= 0.3 is 6.03 Å². The number of carbonyl (C=O) groups is 1. The van der Waals surface area contributed by atoms with Crippen LogP contribution < -0.4 is 5.32 Å². The predicted octanol–water partition coefficient (Wildman–Crippen LogP) is 4.21. The number of hydrogen-bond donors (Lipinski definition) is 1. The molecule has 1 atom stereocenters. The van der Waals surface area contributed by atoms with Crippen molar-refractivity contribution in [2.45, 2.75) is 32.9 Å². The van der Waals surface area contributed by atoms with Crippen molar-refractivity contribution in [3.63, 3.8) is 0 Å². The molecule has 1 heterocycles. The highest BCUT2D eigenvalue weighted by Crippen LogP contribution is 2.18. The van der Waals surface area contributed by atoms with E-state index in [9.17, 15) is 4.79 Å². The topological polar surface area (TPSA) is 32.3 Å². The van der Waals surface area contributed by atoms with Crippen molar-refractivity contribution in [3.8, 4) is 0 Å². The fourth-order valence-electron chi connectivity index (χ4n) is 2.13. The van der Waals surface area contributed by atoms with Crippen LogP contribution in [0.3, 0.4) is 0 Å². The zero-order chi connectivity index (χ0) is 15.2. The molecule has 0 unspecified atom stereocenters. The van der Waals surface area contributed by atoms with E-state index < -0.39 is 0 Å². The number of carbonyl (C=O) groups excluding carboxylic acids is 1. The summed E-state index contributed by atoms with van der Waals surface area (Å²) >= 11 is 1.66. The number of nitrogens with zero attached hydrogens (tertiary/aromatic N) is 1. The van der Waals surface area contributed by atoms with Crippen LogP contribution in [0.5, 0.6) is 0 Å². The highest BCUT2D eigenvalue weighted by Gasteiger charge is 2.14. The van der Waals surface area contributed by atoms with Crippen molar-refractivity contribution in [2.24, 2.45) is 0 Å². The minimum Gasteiger partial charge on any atom is -0.331 e. The monoisotopic (exact) mass is 302 g/mol. The number of rotatable bonds is 5. The van der Waals surface area contributed by atoms with Crippen LogP contribution in [0.15, 0.2) is 41.8 Å². The maximum absolute atomic E-state index is 12.2. The van der Waals surface area contributed by atoms with E-state index in [0.29, 0.717) is 6.54 Å². The summed E-state index contributed by atoms with van der Waals surface area (Å²) in [4.78, 5) is 15.1. The molecular formula is C17H22N2OS. The fourth-order valence-corrected chi connectivity index (χ4v) is 2.86. The Bertz CT molecular complexity index is 563. The van der Waals surface area contributed by atoms with E-state index in [1.165, 1.54) is 10.4 Å². The van der Waals surface area contributed by atoms with E-state index in [2.05, 4.69) is 36.5 Å². The first-order valence-corrected chi connectivity index (χ1v) is 8.11. The van der Waals surface area contributed by atoms with Crippen LogP contribution in [0.4, 0.5) is 4.79 Å². The molecule has 2 aromatic rings. The lowest BCUT2D eigenvalue weighted by molar-refractivity contribution is 0.203. The largest absolute Gasteiger partial charge is 0.331 e. The van der Waals surface area contributed by atoms with Crippen LogP contribution >= 0.6 is 11.3 Å². The highest BCUT2D eigenvalue weighted by atomic mass is 32.1. The van der Waals surface area contributed by atoms with E-state index in [1.54, 1.807) is 16.2 Å². The third-order valence-electron chi connectivity index (χ3n) is 3.51. The lowest BCUT2D eigenvalue weighted by atomic mass is 10.1. The van der Waals surface area contributed by atoms with Crippen LogP contribution in [0.25, 0.3) is 0 Å². The van der Waals surface area contributed by atoms with Gasteiger partial charge in [0.25, 0.3) is 0 Å². The van der Waals surface area contributed by atoms with Gasteiger partial charge in [-0.3, -0.25) is 0 Å². The molecule has 3 nitrogen and oxygen atoms in total. The van der Waals surface area contributed by atoms with Gasteiger partial charge in [-0.15, -0.1) is 11.3 Å². The second kappa shape index (κ2) is 7.27. The number of benzene rings is 1. The molecule has 4 heteroatoms. The molecule has 0 radical (unpaired) electrons. The number of amides is 2. The number of thiophene rings is 1. The lowest BCUT2D eigenvalue weighted by Gasteiger charge is -2.21. The number of aryl methyl sites for hydroxylation is 1. The Hall–Kier alpha value is -1.81. The summed E-state index contributed by atoms with van der Waals surface area (Å²) < 4.78 is 0. The second-order valence-corrected chi connectivity index (χ2v) is 6.19. The quantitative estimate of drug-likeness (QED) is 0.881. The van der Waals surface area contributed by atoms with Gasteiger partial charge in [-0.05, 0) is 35.9 Å². The van der Waals surface area contributed by atoms with Gasteiger partial charge < -0.3 is 10.2 Å². The normalized spacial score (nSPS) is 12.0. The first kappa shape index (κ1) is 15.6. The molecule has 1 aromatic carbocycles. The van der Waals surface area contributed by atoms with Crippen molar-refractivity contribution >= 4 is 17.4 Å². The van der Waals surface area contributed by atoms with Gasteiger partial charge in [0.1, 0.15) is 0 Å². The van der Waals surface area contributed by atoms with Gasteiger partial charge in [-0.25, -0.2) is 4.79 Å². The zero-order valence-electron chi connectivity index (χ0n) is 12.8. The molecular weight excluding hydrogens is 280 g/mol. The minimum absolute atomic E-state index is 0.0439. The van der Waals surface area contributed by atoms with Crippen LogP contribution in [-0.4, -0.2) is 18.0 Å². The summed E-state index contributed by atoms with van der Waals surface area (Å²) in [5.41, 5.74) is 2.46. The van der Waals surface area contributed by atoms with Crippen molar-refractivity contribution in [1.29, 1.82) is 0 Å². The molecule has 0 aliphatic carbocycles. The first-order valence-electron chi connectivity index (χ1n) is 7.23. The number of urea groups is 1. The van der Waals surface area contributed by atoms with E-state index >= 15 is 0 Å². The molecule has 0 spiro atoms. The van der Waals surface area contributed by atoms with Crippen LogP contribution in [0, 0.1) is 0 Å². The molecule has 0 fully saturated rings. The molecule has 1 aromatic heterocycles. The van der Waals surface area contributed by atoms with Gasteiger partial charge in [0, 0.05) is 18.5 Å². The Balaban J connectivity index is 1.89. The SMILES string of the molecule is CCc1ccc(CN(C)C(=O)N[C@@H](C)c2cccs2)cc1. The van der Waals surface area contributed by atoms with Crippen molar-refractivity contribution < 1.29 is 4.79 Å². The molecule has 0 bridgehead atoms. The summed E-state index contributed by atoms with van der Waals surface area (Å²) in [7, 11) is 1.82. The van der Waals surface area contributed by atoms with Gasteiger partial charge in [0.2, 0.25) is 0 Å². The second-order valence-electron chi connectivity index (χ2n) is 5.21. The molecule has 0 saturated carbocycles. The Morgan fingerprint density at radius 3 is 2.48 bits per heavy atom. The Kier molecular flexibility index (Phi) is 5.39. The standard InChI is InChI=1S/C17H22N2OS/c1-4-14-7-9-15(10-8-14)12-19(3)17(20)18-13(2)16-6-5-11-21-16/h5-11,13H,4,12H2,1-3H3,(H,18,20)/t13-/m0/s1. The fraction of sp³-hybridized carbons (Fsp3) is 0.353. The lowest BCUT2D eigenvalue weighted by Crippen LogP contribution is -2.37. The average molecular weight is 302 g/mol. The summed E-state index contributed by atoms with van der Waals surface area (Å²) in [6.45, 7) is 4.77. The Labute approximate surface area is 130 Å². The molecule has 0 aliphatic rings. The molecule has 0 aliphatic heterocycles. The van der Waals surface area contributed by atoms with Crippen molar-refractivity contribution in [3.05, 3.63) is 57.8 Å². The third-order valence-corrected chi connectivity index (χ3v) is 4.56. The van der Waals surface area contributed by atoms with Crippen LogP contribution in [0.1, 0.15) is 35.9 Å². The molecule has 2 amide bonds. The van der Waals surface area contributed by atoms with Crippen LogP contribution in [-0.2, 0) is 13.0 Å². The minimum atomic E-state index is -0.0459. The number of nitrogens with one attached hydrogen (secondary N) is 1. The van der Waals surface area contributed by atoms with Crippen LogP contribution in [0.2, 0.25) is 0 Å². The molecule has 1 N–H and O–H groups in total. The van der Waals surface area contributed by atoms with Gasteiger partial charge in [-0.1, -0.05) is 37.3 Å². The van der Waals surface area contributed by atoms with E-state index in [1.807, 2.05) is 31.5 Å². The van der Waals surface area contributed by atoms with Crippen molar-refractivity contribution in [2.75, 3.05) is 7.05 Å². The number of hydrogen-bond acceptors (Lipinski definition) is 2. The highest BCUT2D eigenvalue weighted by molar-refractivity contribution is 7.10. The molecule has 21 heavy (non-hydrogen) atoms. The summed E-state index contributed by atoms with van der Waals surface area (Å²) in [5.74, 6) is 0. The van der Waals surface area contributed by atoms with Gasteiger partial charge in [0.05, 0.1) is 6.04 Å². The van der Waals surface area contributed by atoms with Gasteiger partial charge in [-0.2, -0.15) is 0 Å². The van der Waals surface area contributed by atoms with Gasteiger partial charge in [0.15, 0.2) is 0 Å². The smallest absolute Gasteiger partial charge is 0.317 e. The average Bonchev–Trinajstić information content (AvgIpc) is 3.02. The molecule has 2 rings (SSSR count). The summed E-state index contributed by atoms with van der Waals surface area (Å²) in [6.07, 6.45) is 1.04. The predicted molar refractivity (Wildman–Crippen MR) is 88.6 cm³/mol. The summed E-state index contributed by atoms with van der Waals surface area (Å²) in [5, 5.41) is 5.05. The summed E-state index contributed by atoms with van der Waals surface area (Å²) in [6, 6.07) is 12.5. The zero-order valence-corrected chi connectivity index (χ0v) is 13.6. The first-order chi connectivity index (χ1) is 10.1. The maximum atomic E-state index is 12.2. The Morgan fingerprint density at radius 2 is 1.90 bits per heavy atom.